The molecule has 0 unspecified atom stereocenters. The van der Waals surface area contributed by atoms with Crippen LogP contribution in [-0.2, 0) is 19.4 Å². The summed E-state index contributed by atoms with van der Waals surface area (Å²) < 4.78 is 1.55. The molecule has 2 heterocycles. The number of carbonyl (C=O) groups excluding carboxylic acids is 1. The zero-order valence-electron chi connectivity index (χ0n) is 14.7. The predicted molar refractivity (Wildman–Crippen MR) is 94.8 cm³/mol. The van der Waals surface area contributed by atoms with Crippen molar-refractivity contribution in [3.05, 3.63) is 53.1 Å². The molecule has 0 aliphatic heterocycles. The molecule has 0 saturated carbocycles. The highest BCUT2D eigenvalue weighted by molar-refractivity contribution is 5.94. The second-order valence-corrected chi connectivity index (χ2v) is 6.65. The third kappa shape index (κ3) is 3.22. The molecular weight excluding hydrogens is 330 g/mol. The van der Waals surface area contributed by atoms with Crippen molar-refractivity contribution in [3.8, 4) is 5.69 Å². The summed E-state index contributed by atoms with van der Waals surface area (Å²) in [6.45, 7) is 0.513. The van der Waals surface area contributed by atoms with Gasteiger partial charge in [0.2, 0.25) is 0 Å². The summed E-state index contributed by atoms with van der Waals surface area (Å²) in [7, 11) is 1.81. The van der Waals surface area contributed by atoms with Crippen LogP contribution in [-0.4, -0.2) is 48.3 Å². The fourth-order valence-corrected chi connectivity index (χ4v) is 3.41. The second-order valence-electron chi connectivity index (χ2n) is 6.65. The minimum absolute atomic E-state index is 0.0290. The number of tetrazole rings is 1. The van der Waals surface area contributed by atoms with E-state index in [-0.39, 0.29) is 5.91 Å². The van der Waals surface area contributed by atoms with E-state index in [9.17, 15) is 4.79 Å². The van der Waals surface area contributed by atoms with Gasteiger partial charge in [0.15, 0.2) is 0 Å². The van der Waals surface area contributed by atoms with Crippen molar-refractivity contribution < 1.29 is 4.79 Å². The lowest BCUT2D eigenvalue weighted by molar-refractivity contribution is 0.0783. The zero-order valence-corrected chi connectivity index (χ0v) is 14.7. The summed E-state index contributed by atoms with van der Waals surface area (Å²) in [5.41, 5.74) is 4.97. The van der Waals surface area contributed by atoms with Crippen molar-refractivity contribution in [2.75, 3.05) is 7.05 Å². The maximum atomic E-state index is 12.7. The average Bonchev–Trinajstić information content (AvgIpc) is 3.27. The number of carbonyl (C=O) groups is 1. The smallest absolute Gasteiger partial charge is 0.253 e. The van der Waals surface area contributed by atoms with E-state index in [1.807, 2.05) is 19.2 Å². The standard InChI is InChI=1S/C18H21N7O/c1-24(11-17-15-5-3-2-4-6-16(15)20-21-17)18(26)13-7-9-14(10-8-13)25-12-19-22-23-25/h7-10,12H,2-6,11H2,1H3,(H,20,21). The molecule has 134 valence electrons. The third-order valence-electron chi connectivity index (χ3n) is 4.85. The van der Waals surface area contributed by atoms with Crippen LogP contribution in [0.3, 0.4) is 0 Å². The van der Waals surface area contributed by atoms with Gasteiger partial charge in [0.25, 0.3) is 5.91 Å². The SMILES string of the molecule is CN(Cc1n[nH]c2c1CCCCC2)C(=O)c1ccc(-n2cnnn2)cc1. The molecule has 0 radical (unpaired) electrons. The van der Waals surface area contributed by atoms with Gasteiger partial charge in [-0.2, -0.15) is 5.10 Å². The summed E-state index contributed by atoms with van der Waals surface area (Å²) >= 11 is 0. The van der Waals surface area contributed by atoms with Gasteiger partial charge in [-0.05, 0) is 65.9 Å². The van der Waals surface area contributed by atoms with Gasteiger partial charge in [0, 0.05) is 18.3 Å². The number of amides is 1. The highest BCUT2D eigenvalue weighted by atomic mass is 16.2. The number of aryl methyl sites for hydroxylation is 1. The number of nitrogens with one attached hydrogen (secondary N) is 1. The molecule has 1 amide bonds. The van der Waals surface area contributed by atoms with Crippen LogP contribution < -0.4 is 0 Å². The van der Waals surface area contributed by atoms with Crippen molar-refractivity contribution in [2.24, 2.45) is 0 Å². The Balaban J connectivity index is 1.47. The minimum atomic E-state index is -0.0290. The first-order valence-electron chi connectivity index (χ1n) is 8.86. The number of benzene rings is 1. The minimum Gasteiger partial charge on any atom is -0.336 e. The molecule has 1 aliphatic rings. The summed E-state index contributed by atoms with van der Waals surface area (Å²) in [4.78, 5) is 14.5. The molecular formula is C18H21N7O. The maximum absolute atomic E-state index is 12.7. The van der Waals surface area contributed by atoms with Crippen molar-refractivity contribution in [1.29, 1.82) is 0 Å². The first-order valence-corrected chi connectivity index (χ1v) is 8.86. The molecule has 26 heavy (non-hydrogen) atoms. The van der Waals surface area contributed by atoms with Crippen LogP contribution in [0, 0.1) is 0 Å². The Kier molecular flexibility index (Phi) is 4.47. The predicted octanol–water partition coefficient (Wildman–Crippen LogP) is 1.93. The lowest BCUT2D eigenvalue weighted by Gasteiger charge is -2.17. The highest BCUT2D eigenvalue weighted by Crippen LogP contribution is 2.22. The Hall–Kier alpha value is -3.03. The van der Waals surface area contributed by atoms with Gasteiger partial charge in [-0.15, -0.1) is 5.10 Å². The van der Waals surface area contributed by atoms with Crippen LogP contribution in [0.5, 0.6) is 0 Å². The van der Waals surface area contributed by atoms with Crippen LogP contribution >= 0.6 is 0 Å². The maximum Gasteiger partial charge on any atom is 0.253 e. The Bertz CT molecular complexity index is 883. The second kappa shape index (κ2) is 7.07. The van der Waals surface area contributed by atoms with E-state index in [2.05, 4.69) is 25.7 Å². The van der Waals surface area contributed by atoms with E-state index in [0.717, 1.165) is 24.2 Å². The number of nitrogens with zero attached hydrogens (tertiary/aromatic N) is 6. The van der Waals surface area contributed by atoms with Gasteiger partial charge < -0.3 is 4.90 Å². The molecule has 0 atom stereocenters. The number of hydrogen-bond acceptors (Lipinski definition) is 5. The molecule has 0 bridgehead atoms. The number of H-pyrrole nitrogens is 1. The molecule has 0 saturated heterocycles. The topological polar surface area (TPSA) is 92.6 Å². The largest absolute Gasteiger partial charge is 0.336 e. The summed E-state index contributed by atoms with van der Waals surface area (Å²) in [5.74, 6) is -0.0290. The molecule has 3 aromatic rings. The van der Waals surface area contributed by atoms with Crippen molar-refractivity contribution in [3.63, 3.8) is 0 Å². The van der Waals surface area contributed by atoms with Gasteiger partial charge in [0.1, 0.15) is 6.33 Å². The number of rotatable bonds is 4. The normalized spacial score (nSPS) is 13.9. The van der Waals surface area contributed by atoms with E-state index in [4.69, 9.17) is 0 Å². The van der Waals surface area contributed by atoms with Crippen molar-refractivity contribution in [2.45, 2.75) is 38.6 Å². The fourth-order valence-electron chi connectivity index (χ4n) is 3.41. The Labute approximate surface area is 151 Å². The summed E-state index contributed by atoms with van der Waals surface area (Å²) in [5, 5.41) is 18.7. The molecule has 1 aromatic carbocycles. The fraction of sp³-hybridized carbons (Fsp3) is 0.389. The van der Waals surface area contributed by atoms with Crippen LogP contribution in [0.1, 0.15) is 46.6 Å². The van der Waals surface area contributed by atoms with Crippen LogP contribution in [0.25, 0.3) is 5.69 Å². The van der Waals surface area contributed by atoms with Gasteiger partial charge >= 0.3 is 0 Å². The molecule has 8 heteroatoms. The van der Waals surface area contributed by atoms with Crippen molar-refractivity contribution in [1.82, 2.24) is 35.3 Å². The van der Waals surface area contributed by atoms with Gasteiger partial charge in [0.05, 0.1) is 17.9 Å². The highest BCUT2D eigenvalue weighted by Gasteiger charge is 2.19. The third-order valence-corrected chi connectivity index (χ3v) is 4.85. The van der Waals surface area contributed by atoms with E-state index < -0.39 is 0 Å². The van der Waals surface area contributed by atoms with E-state index in [1.54, 1.807) is 21.7 Å². The number of hydrogen-bond donors (Lipinski definition) is 1. The van der Waals surface area contributed by atoms with Gasteiger partial charge in [-0.25, -0.2) is 4.68 Å². The first-order chi connectivity index (χ1) is 12.7. The molecule has 0 fully saturated rings. The molecule has 8 nitrogen and oxygen atoms in total. The van der Waals surface area contributed by atoms with E-state index in [1.165, 1.54) is 36.8 Å². The van der Waals surface area contributed by atoms with Crippen molar-refractivity contribution >= 4 is 5.91 Å². The van der Waals surface area contributed by atoms with Gasteiger partial charge in [-0.1, -0.05) is 6.42 Å². The first kappa shape index (κ1) is 16.4. The molecule has 4 rings (SSSR count). The number of aromatic amines is 1. The zero-order chi connectivity index (χ0) is 17.9. The quantitative estimate of drug-likeness (QED) is 0.725. The molecule has 1 aliphatic carbocycles. The lowest BCUT2D eigenvalue weighted by Crippen LogP contribution is -2.26. The average molecular weight is 351 g/mol. The Morgan fingerprint density at radius 3 is 2.77 bits per heavy atom. The lowest BCUT2D eigenvalue weighted by atomic mass is 10.1. The number of aromatic nitrogens is 6. The van der Waals surface area contributed by atoms with Crippen LogP contribution in [0.2, 0.25) is 0 Å². The Morgan fingerprint density at radius 1 is 1.19 bits per heavy atom. The number of fused-ring (bicyclic) bond motifs is 1. The monoisotopic (exact) mass is 351 g/mol. The summed E-state index contributed by atoms with van der Waals surface area (Å²) in [6, 6.07) is 7.25. The Morgan fingerprint density at radius 2 is 2.00 bits per heavy atom. The van der Waals surface area contributed by atoms with Crippen LogP contribution in [0.15, 0.2) is 30.6 Å². The summed E-state index contributed by atoms with van der Waals surface area (Å²) in [6.07, 6.45) is 7.27. The van der Waals surface area contributed by atoms with Gasteiger partial charge in [-0.3, -0.25) is 9.89 Å². The molecule has 2 aromatic heterocycles. The molecule has 0 spiro atoms. The molecule has 1 N–H and O–H groups in total. The van der Waals surface area contributed by atoms with E-state index >= 15 is 0 Å². The van der Waals surface area contributed by atoms with E-state index in [0.29, 0.717) is 12.1 Å². The van der Waals surface area contributed by atoms with Crippen LogP contribution in [0.4, 0.5) is 0 Å².